The minimum absolute atomic E-state index is 0.0973. The van der Waals surface area contributed by atoms with Gasteiger partial charge in [0.2, 0.25) is 5.91 Å². The molecule has 4 unspecified atom stereocenters. The van der Waals surface area contributed by atoms with Gasteiger partial charge >= 0.3 is 5.97 Å². The van der Waals surface area contributed by atoms with Crippen molar-refractivity contribution >= 4 is 35.1 Å². The van der Waals surface area contributed by atoms with Crippen molar-refractivity contribution < 1.29 is 28.9 Å². The molecule has 2 aliphatic rings. The number of hydrogen-bond donors (Lipinski definition) is 2. The number of benzene rings is 5. The quantitative estimate of drug-likeness (QED) is 0.118. The van der Waals surface area contributed by atoms with E-state index in [1.165, 1.54) is 0 Å². The summed E-state index contributed by atoms with van der Waals surface area (Å²) in [7, 11) is 1.89. The number of carbonyl (C=O) groups is 2. The van der Waals surface area contributed by atoms with Crippen LogP contribution in [0, 0.1) is 6.92 Å². The lowest BCUT2D eigenvalue weighted by Gasteiger charge is -2.42. The lowest BCUT2D eigenvalue weighted by Crippen LogP contribution is -2.55. The number of amides is 1. The highest BCUT2D eigenvalue weighted by Crippen LogP contribution is 2.42. The van der Waals surface area contributed by atoms with Crippen LogP contribution in [-0.2, 0) is 42.6 Å². The first-order chi connectivity index (χ1) is 29.0. The molecular weight excluding hydrogens is 799 g/mol. The van der Waals surface area contributed by atoms with E-state index in [1.807, 2.05) is 110 Å². The maximum atomic E-state index is 14.4. The number of fused-ring (bicyclic) bond motifs is 2. The third-order valence-corrected chi connectivity index (χ3v) is 12.1. The molecule has 10 nitrogen and oxygen atoms in total. The van der Waals surface area contributed by atoms with Crippen molar-refractivity contribution in [2.24, 2.45) is 7.05 Å². The SMILES string of the molecule is CCC(c1ccccc1)N1Cc2cc3c(cc2CC1C(=O)NC(Cc1ccc(-c2cc(C)nn2C)cc1)C(=O)O)OCC(c1ccc(OCc2ccc(Cl)c(Cl)c2)cc1)O3. The molecular formula is C48H46Cl2N4O6. The zero-order valence-electron chi connectivity index (χ0n) is 33.6. The van der Waals surface area contributed by atoms with Gasteiger partial charge in [0.15, 0.2) is 17.6 Å². The van der Waals surface area contributed by atoms with Crippen LogP contribution in [0.15, 0.2) is 115 Å². The van der Waals surface area contributed by atoms with Gasteiger partial charge in [0.25, 0.3) is 0 Å². The van der Waals surface area contributed by atoms with E-state index in [-0.39, 0.29) is 24.5 Å². The average Bonchev–Trinajstić information content (AvgIpc) is 3.60. The van der Waals surface area contributed by atoms with Gasteiger partial charge in [-0.15, -0.1) is 0 Å². The standard InChI is InChI=1S/C48H46Cl2N4O6/c1-4-41(32-8-6-5-7-9-32)54-26-36-25-45-44(59-28-46(60-45)34-15-17-37(18-16-34)58-27-31-12-19-38(49)39(50)21-31)24-35(36)23-43(54)47(55)51-40(48(56)57)22-30-10-13-33(14-11-30)42-20-29(2)52-53(42)3/h5-21,24-25,40-41,43,46H,4,22-23,26-28H2,1-3H3,(H,51,55)(H,56,57). The molecule has 2 aliphatic heterocycles. The third-order valence-electron chi connectivity index (χ3n) is 11.3. The minimum atomic E-state index is -1.12. The second-order valence-electron chi connectivity index (χ2n) is 15.4. The number of carbonyl (C=O) groups excluding carboxylic acids is 1. The number of halogens is 2. The van der Waals surface area contributed by atoms with Crippen molar-refractivity contribution in [2.75, 3.05) is 6.61 Å². The van der Waals surface area contributed by atoms with Gasteiger partial charge in [0, 0.05) is 26.1 Å². The summed E-state index contributed by atoms with van der Waals surface area (Å²) in [5.74, 6) is 0.535. The fourth-order valence-electron chi connectivity index (χ4n) is 8.21. The van der Waals surface area contributed by atoms with E-state index in [9.17, 15) is 14.7 Å². The highest BCUT2D eigenvalue weighted by Gasteiger charge is 2.39. The fraction of sp³-hybridized carbons (Fsp3) is 0.271. The Morgan fingerprint density at radius 1 is 0.900 bits per heavy atom. The Morgan fingerprint density at radius 3 is 2.32 bits per heavy atom. The van der Waals surface area contributed by atoms with Crippen molar-refractivity contribution in [3.63, 3.8) is 0 Å². The maximum Gasteiger partial charge on any atom is 0.326 e. The molecule has 60 heavy (non-hydrogen) atoms. The van der Waals surface area contributed by atoms with Gasteiger partial charge < -0.3 is 24.6 Å². The zero-order chi connectivity index (χ0) is 41.9. The van der Waals surface area contributed by atoms with Crippen molar-refractivity contribution in [2.45, 2.75) is 70.5 Å². The second kappa shape index (κ2) is 17.8. The Bertz CT molecular complexity index is 2490. The zero-order valence-corrected chi connectivity index (χ0v) is 35.1. The topological polar surface area (TPSA) is 115 Å². The summed E-state index contributed by atoms with van der Waals surface area (Å²) in [6.45, 7) is 5.17. The molecule has 12 heteroatoms. The number of aromatic nitrogens is 2. The number of aryl methyl sites for hydroxylation is 2. The van der Waals surface area contributed by atoms with E-state index >= 15 is 0 Å². The molecule has 3 heterocycles. The molecule has 0 aliphatic carbocycles. The third kappa shape index (κ3) is 9.01. The van der Waals surface area contributed by atoms with Crippen molar-refractivity contribution in [3.05, 3.63) is 164 Å². The van der Waals surface area contributed by atoms with Gasteiger partial charge in [-0.2, -0.15) is 5.10 Å². The summed E-state index contributed by atoms with van der Waals surface area (Å²) in [6.07, 6.45) is 0.918. The normalized spacial score (nSPS) is 17.0. The van der Waals surface area contributed by atoms with Crippen LogP contribution in [0.3, 0.4) is 0 Å². The first-order valence-corrected chi connectivity index (χ1v) is 20.8. The smallest absolute Gasteiger partial charge is 0.326 e. The van der Waals surface area contributed by atoms with Crippen LogP contribution in [0.5, 0.6) is 17.2 Å². The van der Waals surface area contributed by atoms with Crippen LogP contribution < -0.4 is 19.5 Å². The number of nitrogens with one attached hydrogen (secondary N) is 1. The second-order valence-corrected chi connectivity index (χ2v) is 16.2. The summed E-state index contributed by atoms with van der Waals surface area (Å²) in [5, 5.41) is 18.7. The van der Waals surface area contributed by atoms with Gasteiger partial charge in [-0.25, -0.2) is 4.79 Å². The van der Waals surface area contributed by atoms with E-state index in [4.69, 9.17) is 37.4 Å². The predicted molar refractivity (Wildman–Crippen MR) is 232 cm³/mol. The Balaban J connectivity index is 0.993. The molecule has 1 amide bonds. The van der Waals surface area contributed by atoms with Crippen molar-refractivity contribution in [1.29, 1.82) is 0 Å². The molecule has 0 radical (unpaired) electrons. The first-order valence-electron chi connectivity index (χ1n) is 20.1. The highest BCUT2D eigenvalue weighted by atomic mass is 35.5. The molecule has 0 fully saturated rings. The van der Waals surface area contributed by atoms with Crippen LogP contribution in [0.25, 0.3) is 11.3 Å². The summed E-state index contributed by atoms with van der Waals surface area (Å²) in [4.78, 5) is 29.3. The first kappa shape index (κ1) is 40.9. The number of aliphatic carboxylic acids is 1. The van der Waals surface area contributed by atoms with Crippen LogP contribution in [-0.4, -0.2) is 50.4 Å². The van der Waals surface area contributed by atoms with E-state index in [0.717, 1.165) is 56.8 Å². The minimum Gasteiger partial charge on any atom is -0.489 e. The molecule has 0 spiro atoms. The van der Waals surface area contributed by atoms with Crippen LogP contribution >= 0.6 is 23.2 Å². The Kier molecular flexibility index (Phi) is 12.2. The molecule has 0 bridgehead atoms. The van der Waals surface area contributed by atoms with Crippen molar-refractivity contribution in [1.82, 2.24) is 20.0 Å². The monoisotopic (exact) mass is 844 g/mol. The van der Waals surface area contributed by atoms with Crippen LogP contribution in [0.1, 0.15) is 64.6 Å². The number of ether oxygens (including phenoxy) is 3. The van der Waals surface area contributed by atoms with Gasteiger partial charge in [0.1, 0.15) is 25.0 Å². The lowest BCUT2D eigenvalue weighted by molar-refractivity contribution is -0.143. The average molecular weight is 846 g/mol. The van der Waals surface area contributed by atoms with Gasteiger partial charge in [0.05, 0.1) is 27.5 Å². The van der Waals surface area contributed by atoms with Crippen LogP contribution in [0.4, 0.5) is 0 Å². The number of hydrogen-bond acceptors (Lipinski definition) is 7. The molecule has 8 rings (SSSR count). The number of carboxylic acid groups (broad SMARTS) is 1. The van der Waals surface area contributed by atoms with Gasteiger partial charge in [-0.1, -0.05) is 103 Å². The van der Waals surface area contributed by atoms with Gasteiger partial charge in [-0.05, 0) is 101 Å². The molecule has 5 aromatic carbocycles. The largest absolute Gasteiger partial charge is 0.489 e. The fourth-order valence-corrected chi connectivity index (χ4v) is 8.53. The molecule has 4 atom stereocenters. The van der Waals surface area contributed by atoms with E-state index in [0.29, 0.717) is 53.5 Å². The predicted octanol–water partition coefficient (Wildman–Crippen LogP) is 9.48. The Labute approximate surface area is 359 Å². The lowest BCUT2D eigenvalue weighted by atomic mass is 9.89. The molecule has 2 N–H and O–H groups in total. The Morgan fingerprint density at radius 2 is 1.63 bits per heavy atom. The maximum absolute atomic E-state index is 14.4. The molecule has 1 aromatic heterocycles. The van der Waals surface area contributed by atoms with E-state index in [2.05, 4.69) is 34.4 Å². The summed E-state index contributed by atoms with van der Waals surface area (Å²) in [6, 6.07) is 35.2. The Hall–Kier alpha value is -5.81. The number of nitrogens with zero attached hydrogens (tertiary/aromatic N) is 3. The summed E-state index contributed by atoms with van der Waals surface area (Å²) in [5.41, 5.74) is 8.60. The molecule has 0 saturated carbocycles. The molecule has 6 aromatic rings. The summed E-state index contributed by atoms with van der Waals surface area (Å²) < 4.78 is 20.7. The highest BCUT2D eigenvalue weighted by molar-refractivity contribution is 6.42. The van der Waals surface area contributed by atoms with Crippen LogP contribution in [0.2, 0.25) is 10.0 Å². The summed E-state index contributed by atoms with van der Waals surface area (Å²) >= 11 is 12.2. The van der Waals surface area contributed by atoms with E-state index < -0.39 is 18.1 Å². The van der Waals surface area contributed by atoms with Gasteiger partial charge in [-0.3, -0.25) is 14.4 Å². The van der Waals surface area contributed by atoms with Crippen molar-refractivity contribution in [3.8, 4) is 28.5 Å². The molecule has 308 valence electrons. The van der Waals surface area contributed by atoms with E-state index in [1.54, 1.807) is 12.1 Å². The number of carboxylic acids is 1. The number of rotatable bonds is 13. The molecule has 0 saturated heterocycles.